The number of benzene rings is 1. The van der Waals surface area contributed by atoms with Crippen LogP contribution in [0.5, 0.6) is 0 Å². The molecule has 0 bridgehead atoms. The van der Waals surface area contributed by atoms with E-state index in [2.05, 4.69) is 41.2 Å². The number of nitrogens with zero attached hydrogens (tertiary/aromatic N) is 2. The van der Waals surface area contributed by atoms with Gasteiger partial charge in [0.15, 0.2) is 0 Å². The molecule has 0 fully saturated rings. The quantitative estimate of drug-likeness (QED) is 0.806. The highest BCUT2D eigenvalue weighted by molar-refractivity contribution is 5.39. The molecule has 1 aromatic carbocycles. The van der Waals surface area contributed by atoms with E-state index in [1.165, 1.54) is 11.1 Å². The van der Waals surface area contributed by atoms with Gasteiger partial charge in [0.05, 0.1) is 0 Å². The molecule has 0 radical (unpaired) electrons. The lowest BCUT2D eigenvalue weighted by molar-refractivity contribution is 0.343. The highest BCUT2D eigenvalue weighted by atomic mass is 15.1. The SMILES string of the molecule is CN(CCc1ccncc1)CCc1ccc(N)cc1. The molecule has 100 valence electrons. The second kappa shape index (κ2) is 6.90. The monoisotopic (exact) mass is 255 g/mol. The Hall–Kier alpha value is -1.87. The van der Waals surface area contributed by atoms with Gasteiger partial charge >= 0.3 is 0 Å². The van der Waals surface area contributed by atoms with Crippen molar-refractivity contribution in [1.29, 1.82) is 0 Å². The molecular formula is C16H21N3. The maximum atomic E-state index is 5.68. The largest absolute Gasteiger partial charge is 0.399 e. The third-order valence-corrected chi connectivity index (χ3v) is 3.29. The summed E-state index contributed by atoms with van der Waals surface area (Å²) in [4.78, 5) is 6.39. The number of nitrogens with two attached hydrogens (primary N) is 1. The molecule has 2 N–H and O–H groups in total. The minimum Gasteiger partial charge on any atom is -0.399 e. The molecule has 0 amide bonds. The summed E-state index contributed by atoms with van der Waals surface area (Å²) >= 11 is 0. The molecule has 1 heterocycles. The van der Waals surface area contributed by atoms with Gasteiger partial charge in [0.2, 0.25) is 0 Å². The first-order chi connectivity index (χ1) is 9.24. The smallest absolute Gasteiger partial charge is 0.0314 e. The number of rotatable bonds is 6. The summed E-state index contributed by atoms with van der Waals surface area (Å²) in [7, 11) is 2.17. The molecule has 1 aromatic heterocycles. The van der Waals surface area contributed by atoms with E-state index < -0.39 is 0 Å². The maximum absolute atomic E-state index is 5.68. The minimum absolute atomic E-state index is 0.829. The van der Waals surface area contributed by atoms with Crippen molar-refractivity contribution in [2.75, 3.05) is 25.9 Å². The molecule has 0 aliphatic rings. The van der Waals surface area contributed by atoms with Crippen LogP contribution >= 0.6 is 0 Å². The molecule has 0 saturated heterocycles. The Bertz CT molecular complexity index is 479. The van der Waals surface area contributed by atoms with Crippen LogP contribution < -0.4 is 5.73 Å². The zero-order valence-electron chi connectivity index (χ0n) is 11.4. The van der Waals surface area contributed by atoms with Crippen LogP contribution in [0.4, 0.5) is 5.69 Å². The van der Waals surface area contributed by atoms with Crippen LogP contribution in [0.3, 0.4) is 0 Å². The summed E-state index contributed by atoms with van der Waals surface area (Å²) in [5, 5.41) is 0. The van der Waals surface area contributed by atoms with Crippen molar-refractivity contribution >= 4 is 5.69 Å². The fourth-order valence-corrected chi connectivity index (χ4v) is 1.99. The average molecular weight is 255 g/mol. The Morgan fingerprint density at radius 2 is 1.42 bits per heavy atom. The predicted molar refractivity (Wildman–Crippen MR) is 80.0 cm³/mol. The first kappa shape index (κ1) is 13.6. The summed E-state index contributed by atoms with van der Waals surface area (Å²) in [6.07, 6.45) is 5.83. The molecule has 3 nitrogen and oxygen atoms in total. The topological polar surface area (TPSA) is 42.2 Å². The van der Waals surface area contributed by atoms with Gasteiger partial charge in [-0.05, 0) is 55.3 Å². The van der Waals surface area contributed by atoms with Gasteiger partial charge < -0.3 is 10.6 Å². The molecule has 0 saturated carbocycles. The fourth-order valence-electron chi connectivity index (χ4n) is 1.99. The summed E-state index contributed by atoms with van der Waals surface area (Å²) in [5.74, 6) is 0. The Labute approximate surface area is 115 Å². The lowest BCUT2D eigenvalue weighted by atomic mass is 10.1. The third kappa shape index (κ3) is 4.72. The summed E-state index contributed by atoms with van der Waals surface area (Å²) in [6.45, 7) is 2.13. The maximum Gasteiger partial charge on any atom is 0.0314 e. The van der Waals surface area contributed by atoms with Crippen LogP contribution in [0.15, 0.2) is 48.8 Å². The summed E-state index contributed by atoms with van der Waals surface area (Å²) in [5.41, 5.74) is 9.19. The van der Waals surface area contributed by atoms with Crippen molar-refractivity contribution in [3.05, 3.63) is 59.9 Å². The van der Waals surface area contributed by atoms with Gasteiger partial charge in [-0.15, -0.1) is 0 Å². The van der Waals surface area contributed by atoms with E-state index in [1.54, 1.807) is 0 Å². The van der Waals surface area contributed by atoms with Crippen molar-refractivity contribution in [2.24, 2.45) is 0 Å². The van der Waals surface area contributed by atoms with Crippen LogP contribution in [0.25, 0.3) is 0 Å². The molecule has 0 aliphatic heterocycles. The van der Waals surface area contributed by atoms with E-state index in [1.807, 2.05) is 24.5 Å². The molecule has 2 aromatic rings. The van der Waals surface area contributed by atoms with E-state index >= 15 is 0 Å². The van der Waals surface area contributed by atoms with Gasteiger partial charge in [-0.3, -0.25) is 4.98 Å². The van der Waals surface area contributed by atoms with Crippen molar-refractivity contribution in [3.63, 3.8) is 0 Å². The Morgan fingerprint density at radius 3 is 2.00 bits per heavy atom. The highest BCUT2D eigenvalue weighted by Gasteiger charge is 2.00. The lowest BCUT2D eigenvalue weighted by Gasteiger charge is -2.16. The van der Waals surface area contributed by atoms with E-state index in [0.717, 1.165) is 31.6 Å². The van der Waals surface area contributed by atoms with Crippen LogP contribution in [0, 0.1) is 0 Å². The van der Waals surface area contributed by atoms with E-state index in [4.69, 9.17) is 5.73 Å². The zero-order valence-corrected chi connectivity index (χ0v) is 11.4. The standard InChI is InChI=1S/C16H21N3/c1-19(13-9-15-6-10-18-11-7-15)12-8-14-2-4-16(17)5-3-14/h2-7,10-11H,8-9,12-13,17H2,1H3. The number of aromatic nitrogens is 1. The molecule has 0 spiro atoms. The van der Waals surface area contributed by atoms with E-state index in [-0.39, 0.29) is 0 Å². The first-order valence-electron chi connectivity index (χ1n) is 6.66. The number of anilines is 1. The van der Waals surface area contributed by atoms with Crippen LogP contribution in [-0.4, -0.2) is 30.0 Å². The van der Waals surface area contributed by atoms with Crippen LogP contribution in [0.1, 0.15) is 11.1 Å². The summed E-state index contributed by atoms with van der Waals surface area (Å²) < 4.78 is 0. The van der Waals surface area contributed by atoms with Crippen molar-refractivity contribution in [1.82, 2.24) is 9.88 Å². The van der Waals surface area contributed by atoms with Crippen molar-refractivity contribution < 1.29 is 0 Å². The number of pyridine rings is 1. The molecule has 2 rings (SSSR count). The first-order valence-corrected chi connectivity index (χ1v) is 6.66. The zero-order chi connectivity index (χ0) is 13.5. The number of nitrogen functional groups attached to an aromatic ring is 1. The van der Waals surface area contributed by atoms with Gasteiger partial charge in [0, 0.05) is 31.2 Å². The lowest BCUT2D eigenvalue weighted by Crippen LogP contribution is -2.23. The molecule has 0 aliphatic carbocycles. The predicted octanol–water partition coefficient (Wildman–Crippen LogP) is 2.38. The van der Waals surface area contributed by atoms with Gasteiger partial charge in [0.25, 0.3) is 0 Å². The van der Waals surface area contributed by atoms with Crippen LogP contribution in [0.2, 0.25) is 0 Å². The Balaban J connectivity index is 1.72. The van der Waals surface area contributed by atoms with E-state index in [9.17, 15) is 0 Å². The number of hydrogen-bond acceptors (Lipinski definition) is 3. The normalized spacial score (nSPS) is 10.8. The van der Waals surface area contributed by atoms with Crippen LogP contribution in [-0.2, 0) is 12.8 Å². The Morgan fingerprint density at radius 1 is 0.895 bits per heavy atom. The van der Waals surface area contributed by atoms with Gasteiger partial charge in [-0.2, -0.15) is 0 Å². The van der Waals surface area contributed by atoms with Gasteiger partial charge in [-0.25, -0.2) is 0 Å². The molecular weight excluding hydrogens is 234 g/mol. The molecule has 3 heteroatoms. The Kier molecular flexibility index (Phi) is 4.93. The third-order valence-electron chi connectivity index (χ3n) is 3.29. The molecule has 19 heavy (non-hydrogen) atoms. The van der Waals surface area contributed by atoms with Crippen molar-refractivity contribution in [2.45, 2.75) is 12.8 Å². The highest BCUT2D eigenvalue weighted by Crippen LogP contribution is 2.07. The van der Waals surface area contributed by atoms with Crippen molar-refractivity contribution in [3.8, 4) is 0 Å². The second-order valence-corrected chi connectivity index (χ2v) is 4.90. The average Bonchev–Trinajstić information content (AvgIpc) is 2.45. The number of hydrogen-bond donors (Lipinski definition) is 1. The second-order valence-electron chi connectivity index (χ2n) is 4.90. The van der Waals surface area contributed by atoms with E-state index in [0.29, 0.717) is 0 Å². The number of likely N-dealkylation sites (N-methyl/N-ethyl adjacent to an activating group) is 1. The van der Waals surface area contributed by atoms with Gasteiger partial charge in [-0.1, -0.05) is 12.1 Å². The summed E-state index contributed by atoms with van der Waals surface area (Å²) in [6, 6.07) is 12.3. The van der Waals surface area contributed by atoms with Gasteiger partial charge in [0.1, 0.15) is 0 Å². The molecule has 0 unspecified atom stereocenters. The minimum atomic E-state index is 0.829. The molecule has 0 atom stereocenters. The fraction of sp³-hybridized carbons (Fsp3) is 0.312.